The van der Waals surface area contributed by atoms with E-state index in [1.54, 1.807) is 0 Å². The predicted octanol–water partition coefficient (Wildman–Crippen LogP) is 10.7. The molecule has 3 aliphatic heterocycles. The Morgan fingerprint density at radius 2 is 0.964 bits per heavy atom. The maximum absolute atomic E-state index is 2.58. The molecule has 7 aromatic rings. The minimum Gasteiger partial charge on any atom is -0.311 e. The van der Waals surface area contributed by atoms with E-state index in [1.807, 2.05) is 0 Å². The lowest BCUT2D eigenvalue weighted by molar-refractivity contribution is 0.444. The maximum atomic E-state index is 2.58. The molecule has 3 nitrogen and oxygen atoms in total. The number of benzene rings is 7. The summed E-state index contributed by atoms with van der Waals surface area (Å²) < 4.78 is 0. The summed E-state index contributed by atoms with van der Waals surface area (Å²) in [6.45, 7) is 7.36. The van der Waals surface area contributed by atoms with E-state index in [0.717, 1.165) is 0 Å². The Morgan fingerprint density at radius 3 is 1.59 bits per heavy atom. The lowest BCUT2D eigenvalue weighted by atomic mass is 9.33. The molecule has 0 amide bonds. The average Bonchev–Trinajstić information content (AvgIpc) is 3.24. The summed E-state index contributed by atoms with van der Waals surface area (Å²) in [5.74, 6) is 0.564. The number of anilines is 9. The van der Waals surface area contributed by atoms with Crippen molar-refractivity contribution >= 4 is 92.7 Å². The smallest absolute Gasteiger partial charge is 0.252 e. The fourth-order valence-corrected chi connectivity index (χ4v) is 13.6. The molecule has 0 unspecified atom stereocenters. The maximum Gasteiger partial charge on any atom is 0.252 e. The van der Waals surface area contributed by atoms with Gasteiger partial charge < -0.3 is 14.7 Å². The van der Waals surface area contributed by atoms with E-state index in [1.165, 1.54) is 121 Å². The Labute approximate surface area is 333 Å². The van der Waals surface area contributed by atoms with Crippen LogP contribution in [0.3, 0.4) is 0 Å². The van der Waals surface area contributed by atoms with Gasteiger partial charge in [0.1, 0.15) is 8.07 Å². The summed E-state index contributed by atoms with van der Waals surface area (Å²) in [6.07, 6.45) is 6.47. The van der Waals surface area contributed by atoms with E-state index >= 15 is 0 Å². The first-order valence-electron chi connectivity index (χ1n) is 20.6. The highest BCUT2D eigenvalue weighted by Crippen LogP contribution is 2.47. The van der Waals surface area contributed by atoms with Gasteiger partial charge in [0.2, 0.25) is 0 Å². The molecule has 0 aromatic heterocycles. The molecular weight excluding hydrogens is 693 g/mol. The van der Waals surface area contributed by atoms with Gasteiger partial charge in [-0.2, -0.15) is 0 Å². The van der Waals surface area contributed by atoms with Gasteiger partial charge in [-0.25, -0.2) is 0 Å². The fraction of sp³-hybridized carbons (Fsp3) is 0.176. The van der Waals surface area contributed by atoms with E-state index < -0.39 is 8.07 Å². The van der Waals surface area contributed by atoms with Crippen LogP contribution in [0.15, 0.2) is 158 Å². The molecule has 4 aliphatic rings. The Kier molecular flexibility index (Phi) is 7.72. The van der Waals surface area contributed by atoms with E-state index in [-0.39, 0.29) is 6.71 Å². The molecule has 0 atom stereocenters. The zero-order valence-corrected chi connectivity index (χ0v) is 33.5. The lowest BCUT2D eigenvalue weighted by Crippen LogP contribution is -2.61. The molecule has 1 saturated carbocycles. The summed E-state index contributed by atoms with van der Waals surface area (Å²) in [6, 6.07) is 60.1. The van der Waals surface area contributed by atoms with E-state index in [9.17, 15) is 0 Å². The SMILES string of the molecule is Cc1ccc2c(c1)B1c3ccccc3N(c3ccc(N4c5ccccc5[Si](C)(C)c5ccccc54)cc3)c3cc(C4CCCCC4)cc(c31)N2c1ccccc1. The van der Waals surface area contributed by atoms with Crippen LogP contribution in [0.1, 0.15) is 49.1 Å². The van der Waals surface area contributed by atoms with Crippen molar-refractivity contribution in [2.24, 2.45) is 0 Å². The van der Waals surface area contributed by atoms with Crippen LogP contribution in [-0.2, 0) is 0 Å². The highest BCUT2D eigenvalue weighted by atomic mass is 28.3. The highest BCUT2D eigenvalue weighted by molar-refractivity contribution is 7.03. The standard InChI is InChI=1S/C51H46BN3Si/c1-35-26-31-44-42(32-35)52-41-20-10-11-21-43(41)54(48-34-37(36-16-6-4-7-17-36)33-47(51(48)52)53(44)38-18-8-5-9-19-38)39-27-29-40(30-28-39)55-45-22-12-14-24-49(45)56(2,3)50-25-15-13-23-46(50)55/h5,8-15,18-34,36H,4,6-7,16-17H2,1-3H3. The minimum absolute atomic E-state index is 0.135. The van der Waals surface area contributed by atoms with Crippen molar-refractivity contribution < 1.29 is 0 Å². The normalized spacial score (nSPS) is 16.4. The molecule has 1 aliphatic carbocycles. The van der Waals surface area contributed by atoms with E-state index in [0.29, 0.717) is 5.92 Å². The third kappa shape index (κ3) is 5.03. The zero-order valence-electron chi connectivity index (χ0n) is 32.5. The number of hydrogen-bond donors (Lipinski definition) is 0. The van der Waals surface area contributed by atoms with Crippen molar-refractivity contribution in [1.29, 1.82) is 0 Å². The molecule has 0 spiro atoms. The molecule has 3 heterocycles. The topological polar surface area (TPSA) is 9.72 Å². The molecule has 272 valence electrons. The van der Waals surface area contributed by atoms with Gasteiger partial charge in [-0.3, -0.25) is 0 Å². The molecule has 7 aromatic carbocycles. The summed E-state index contributed by atoms with van der Waals surface area (Å²) >= 11 is 0. The fourth-order valence-electron chi connectivity index (χ4n) is 10.6. The Hall–Kier alpha value is -5.78. The van der Waals surface area contributed by atoms with Gasteiger partial charge in [-0.1, -0.05) is 123 Å². The first-order chi connectivity index (χ1) is 27.5. The van der Waals surface area contributed by atoms with E-state index in [4.69, 9.17) is 0 Å². The van der Waals surface area contributed by atoms with Crippen LogP contribution in [-0.4, -0.2) is 14.8 Å². The van der Waals surface area contributed by atoms with Crippen molar-refractivity contribution in [3.63, 3.8) is 0 Å². The van der Waals surface area contributed by atoms with Crippen LogP contribution >= 0.6 is 0 Å². The number of fused-ring (bicyclic) bond motifs is 6. The van der Waals surface area contributed by atoms with Crippen LogP contribution in [0.4, 0.5) is 51.2 Å². The van der Waals surface area contributed by atoms with Crippen LogP contribution in [0, 0.1) is 6.92 Å². The Bertz CT molecular complexity index is 2600. The predicted molar refractivity (Wildman–Crippen MR) is 242 cm³/mol. The second kappa shape index (κ2) is 12.9. The molecule has 0 N–H and O–H groups in total. The number of hydrogen-bond acceptors (Lipinski definition) is 3. The zero-order chi connectivity index (χ0) is 37.5. The minimum atomic E-state index is -1.87. The molecule has 56 heavy (non-hydrogen) atoms. The van der Waals surface area contributed by atoms with Crippen LogP contribution < -0.4 is 41.5 Å². The second-order valence-electron chi connectivity index (χ2n) is 16.9. The largest absolute Gasteiger partial charge is 0.311 e. The molecule has 0 bridgehead atoms. The summed E-state index contributed by atoms with van der Waals surface area (Å²) in [7, 11) is -1.87. The Balaban J connectivity index is 1.13. The third-order valence-corrected chi connectivity index (χ3v) is 16.8. The van der Waals surface area contributed by atoms with Gasteiger partial charge in [0.15, 0.2) is 0 Å². The van der Waals surface area contributed by atoms with Gasteiger partial charge in [0.25, 0.3) is 6.71 Å². The van der Waals surface area contributed by atoms with Gasteiger partial charge in [0, 0.05) is 51.2 Å². The van der Waals surface area contributed by atoms with Crippen molar-refractivity contribution in [2.45, 2.75) is 58.0 Å². The van der Waals surface area contributed by atoms with Gasteiger partial charge >= 0.3 is 0 Å². The first kappa shape index (κ1) is 33.6. The molecule has 1 fully saturated rings. The summed E-state index contributed by atoms with van der Waals surface area (Å²) in [4.78, 5) is 7.63. The second-order valence-corrected chi connectivity index (χ2v) is 21.2. The van der Waals surface area contributed by atoms with Crippen molar-refractivity contribution in [2.75, 3.05) is 14.7 Å². The number of rotatable bonds is 4. The van der Waals surface area contributed by atoms with Gasteiger partial charge in [-0.05, 0) is 131 Å². The Morgan fingerprint density at radius 1 is 0.464 bits per heavy atom. The van der Waals surface area contributed by atoms with Crippen molar-refractivity contribution in [1.82, 2.24) is 0 Å². The van der Waals surface area contributed by atoms with Crippen LogP contribution in [0.5, 0.6) is 0 Å². The molecule has 5 heteroatoms. The summed E-state index contributed by atoms with van der Waals surface area (Å²) in [5, 5.41) is 2.98. The highest BCUT2D eigenvalue weighted by Gasteiger charge is 2.44. The number of nitrogens with zero attached hydrogens (tertiary/aromatic N) is 3. The van der Waals surface area contributed by atoms with Crippen LogP contribution in [0.2, 0.25) is 13.1 Å². The molecule has 0 radical (unpaired) electrons. The number of para-hydroxylation sites is 4. The van der Waals surface area contributed by atoms with E-state index in [2.05, 4.69) is 192 Å². The monoisotopic (exact) mass is 739 g/mol. The third-order valence-electron chi connectivity index (χ3n) is 13.2. The van der Waals surface area contributed by atoms with Crippen molar-refractivity contribution in [3.05, 3.63) is 169 Å². The summed E-state index contributed by atoms with van der Waals surface area (Å²) in [5.41, 5.74) is 18.3. The molecular formula is C51H46BN3Si. The van der Waals surface area contributed by atoms with Gasteiger partial charge in [-0.15, -0.1) is 0 Å². The lowest BCUT2D eigenvalue weighted by Gasteiger charge is -2.45. The average molecular weight is 740 g/mol. The van der Waals surface area contributed by atoms with Crippen LogP contribution in [0.25, 0.3) is 0 Å². The van der Waals surface area contributed by atoms with Crippen molar-refractivity contribution in [3.8, 4) is 0 Å². The quantitative estimate of drug-likeness (QED) is 0.166. The first-order valence-corrected chi connectivity index (χ1v) is 23.6. The number of aryl methyl sites for hydroxylation is 1. The molecule has 0 saturated heterocycles. The molecule has 11 rings (SSSR count). The van der Waals surface area contributed by atoms with Gasteiger partial charge in [0.05, 0.1) is 0 Å².